The number of aromatic nitrogens is 1. The van der Waals surface area contributed by atoms with Gasteiger partial charge in [-0.3, -0.25) is 4.79 Å². The van der Waals surface area contributed by atoms with Gasteiger partial charge in [-0.2, -0.15) is 13.2 Å². The van der Waals surface area contributed by atoms with Crippen molar-refractivity contribution in [3.8, 4) is 5.75 Å². The predicted molar refractivity (Wildman–Crippen MR) is 157 cm³/mol. The van der Waals surface area contributed by atoms with E-state index in [9.17, 15) is 22.8 Å². The van der Waals surface area contributed by atoms with Gasteiger partial charge in [-0.25, -0.2) is 4.79 Å². The van der Waals surface area contributed by atoms with Gasteiger partial charge in [0.25, 0.3) is 0 Å². The lowest BCUT2D eigenvalue weighted by Crippen LogP contribution is -2.47. The van der Waals surface area contributed by atoms with Crippen molar-refractivity contribution in [2.45, 2.75) is 46.0 Å². The number of hydrogen-bond donors (Lipinski definition) is 2. The van der Waals surface area contributed by atoms with Gasteiger partial charge in [-0.1, -0.05) is 42.5 Å². The zero-order chi connectivity index (χ0) is 30.3. The van der Waals surface area contributed by atoms with Crippen molar-refractivity contribution in [2.75, 3.05) is 25.0 Å². The van der Waals surface area contributed by atoms with Crippen molar-refractivity contribution >= 4 is 28.5 Å². The van der Waals surface area contributed by atoms with Gasteiger partial charge in [0.2, 0.25) is 5.91 Å². The quantitative estimate of drug-likeness (QED) is 0.199. The van der Waals surface area contributed by atoms with Crippen LogP contribution in [-0.2, 0) is 23.9 Å². The molecule has 0 saturated carbocycles. The molecule has 1 aromatic heterocycles. The van der Waals surface area contributed by atoms with E-state index < -0.39 is 17.8 Å². The molecule has 0 aliphatic heterocycles. The highest BCUT2D eigenvalue weighted by Gasteiger charge is 2.30. The lowest BCUT2D eigenvalue weighted by molar-refractivity contribution is -0.137. The van der Waals surface area contributed by atoms with Gasteiger partial charge in [0.15, 0.2) is 0 Å². The maximum Gasteiger partial charge on any atom is 0.416 e. The molecule has 0 fully saturated rings. The Morgan fingerprint density at radius 3 is 2.36 bits per heavy atom. The summed E-state index contributed by atoms with van der Waals surface area (Å²) in [5, 5.41) is 3.88. The minimum absolute atomic E-state index is 0.0973. The Morgan fingerprint density at radius 1 is 0.976 bits per heavy atom. The summed E-state index contributed by atoms with van der Waals surface area (Å²) in [5.74, 6) is 0.197. The second-order valence-corrected chi connectivity index (χ2v) is 10.2. The van der Waals surface area contributed by atoms with Crippen LogP contribution in [0.4, 0.5) is 23.7 Å². The van der Waals surface area contributed by atoms with Crippen molar-refractivity contribution in [1.29, 1.82) is 0 Å². The number of halogens is 3. The van der Waals surface area contributed by atoms with Crippen molar-refractivity contribution in [2.24, 2.45) is 0 Å². The third-order valence-electron chi connectivity index (χ3n) is 6.95. The molecule has 7 nitrogen and oxygen atoms in total. The zero-order valence-electron chi connectivity index (χ0n) is 23.9. The summed E-state index contributed by atoms with van der Waals surface area (Å²) in [5.41, 5.74) is 2.28. The molecule has 0 radical (unpaired) electrons. The summed E-state index contributed by atoms with van der Waals surface area (Å²) in [4.78, 5) is 33.3. The molecule has 0 aliphatic carbocycles. The minimum atomic E-state index is -4.45. The van der Waals surface area contributed by atoms with Crippen molar-refractivity contribution in [1.82, 2.24) is 14.8 Å². The minimum Gasteiger partial charge on any atom is -0.492 e. The van der Waals surface area contributed by atoms with E-state index in [0.717, 1.165) is 28.6 Å². The zero-order valence-corrected chi connectivity index (χ0v) is 23.9. The first-order chi connectivity index (χ1) is 20.1. The normalized spacial score (nSPS) is 11.5. The summed E-state index contributed by atoms with van der Waals surface area (Å²) in [6.45, 7) is 6.09. The third-order valence-corrected chi connectivity index (χ3v) is 6.95. The monoisotopic (exact) mass is 580 g/mol. The SMILES string of the molecule is CCOc1ccccc1NC(=O)N(CC(=O)N(CCc1c[nH]c2ccccc12)Cc1ccc(C(F)(F)F)cc1)C(C)C. The molecular formula is C32H35F3N4O3. The standard InChI is InChI=1S/C32H35F3N4O3/c1-4-42-29-12-8-7-11-28(29)37-31(41)39(22(2)3)21-30(40)38(20-23-13-15-25(16-14-23)32(33,34)35)18-17-24-19-36-27-10-6-5-9-26(24)27/h5-16,19,22,36H,4,17-18,20-21H2,1-3H3,(H,37,41). The van der Waals surface area contributed by atoms with E-state index in [0.29, 0.717) is 36.6 Å². The first-order valence-electron chi connectivity index (χ1n) is 13.8. The molecule has 2 N–H and O–H groups in total. The van der Waals surface area contributed by atoms with E-state index >= 15 is 0 Å². The van der Waals surface area contributed by atoms with Crippen LogP contribution in [0, 0.1) is 0 Å². The number of nitrogens with one attached hydrogen (secondary N) is 2. The van der Waals surface area contributed by atoms with Crippen LogP contribution in [0.5, 0.6) is 5.75 Å². The first-order valence-corrected chi connectivity index (χ1v) is 13.8. The van der Waals surface area contributed by atoms with E-state index in [-0.39, 0.29) is 25.0 Å². The van der Waals surface area contributed by atoms with E-state index in [2.05, 4.69) is 10.3 Å². The molecular weight excluding hydrogens is 545 g/mol. The fourth-order valence-corrected chi connectivity index (χ4v) is 4.68. The number of rotatable bonds is 11. The number of H-pyrrole nitrogens is 1. The number of benzene rings is 3. The Labute approximate surface area is 243 Å². The number of aromatic amines is 1. The number of carbonyl (C=O) groups excluding carboxylic acids is 2. The van der Waals surface area contributed by atoms with E-state index in [1.54, 1.807) is 29.2 Å². The summed E-state index contributed by atoms with van der Waals surface area (Å²) in [6.07, 6.45) is -2.03. The van der Waals surface area contributed by atoms with Gasteiger partial charge in [-0.05, 0) is 68.7 Å². The summed E-state index contributed by atoms with van der Waals surface area (Å²) in [7, 11) is 0. The summed E-state index contributed by atoms with van der Waals surface area (Å²) >= 11 is 0. The van der Waals surface area contributed by atoms with Gasteiger partial charge < -0.3 is 24.8 Å². The van der Waals surface area contributed by atoms with Gasteiger partial charge in [0.05, 0.1) is 17.9 Å². The molecule has 10 heteroatoms. The highest BCUT2D eigenvalue weighted by molar-refractivity contribution is 5.94. The molecule has 0 atom stereocenters. The van der Waals surface area contributed by atoms with Crippen LogP contribution >= 0.6 is 0 Å². The Balaban J connectivity index is 1.54. The third kappa shape index (κ3) is 7.63. The smallest absolute Gasteiger partial charge is 0.416 e. The Morgan fingerprint density at radius 2 is 1.67 bits per heavy atom. The van der Waals surface area contributed by atoms with Crippen LogP contribution in [0.3, 0.4) is 0 Å². The number of alkyl halides is 3. The molecule has 222 valence electrons. The molecule has 0 spiro atoms. The van der Waals surface area contributed by atoms with Crippen LogP contribution in [0.15, 0.2) is 79.0 Å². The number of ether oxygens (including phenoxy) is 1. The second-order valence-electron chi connectivity index (χ2n) is 10.2. The lowest BCUT2D eigenvalue weighted by atomic mass is 10.1. The van der Waals surface area contributed by atoms with Crippen LogP contribution in [-0.4, -0.2) is 52.5 Å². The largest absolute Gasteiger partial charge is 0.492 e. The number of anilines is 1. The molecule has 0 saturated heterocycles. The molecule has 4 rings (SSSR count). The maximum atomic E-state index is 13.7. The van der Waals surface area contributed by atoms with Crippen LogP contribution in [0.25, 0.3) is 10.9 Å². The molecule has 1 heterocycles. The Bertz CT molecular complexity index is 1500. The van der Waals surface area contributed by atoms with Crippen molar-refractivity contribution in [3.05, 3.63) is 95.7 Å². The second kappa shape index (κ2) is 13.5. The molecule has 0 unspecified atom stereocenters. The Hall–Kier alpha value is -4.47. The fourth-order valence-electron chi connectivity index (χ4n) is 4.68. The molecule has 3 amide bonds. The molecule has 0 bridgehead atoms. The summed E-state index contributed by atoms with van der Waals surface area (Å²) in [6, 6.07) is 18.9. The average Bonchev–Trinajstić information content (AvgIpc) is 3.37. The van der Waals surface area contributed by atoms with Crippen molar-refractivity contribution < 1.29 is 27.5 Å². The van der Waals surface area contributed by atoms with E-state index in [1.807, 2.05) is 51.2 Å². The number of carbonyl (C=O) groups is 2. The topological polar surface area (TPSA) is 77.7 Å². The number of nitrogens with zero attached hydrogens (tertiary/aromatic N) is 2. The highest BCUT2D eigenvalue weighted by atomic mass is 19.4. The number of para-hydroxylation sites is 3. The van der Waals surface area contributed by atoms with E-state index in [4.69, 9.17) is 4.74 Å². The molecule has 4 aromatic rings. The molecule has 42 heavy (non-hydrogen) atoms. The van der Waals surface area contributed by atoms with Gasteiger partial charge in [0.1, 0.15) is 12.3 Å². The van der Waals surface area contributed by atoms with Gasteiger partial charge in [-0.15, -0.1) is 0 Å². The summed E-state index contributed by atoms with van der Waals surface area (Å²) < 4.78 is 45.0. The number of hydrogen-bond acceptors (Lipinski definition) is 3. The number of amides is 3. The van der Waals surface area contributed by atoms with Crippen molar-refractivity contribution in [3.63, 3.8) is 0 Å². The van der Waals surface area contributed by atoms with E-state index in [1.165, 1.54) is 17.0 Å². The average molecular weight is 581 g/mol. The first kappa shape index (κ1) is 30.5. The maximum absolute atomic E-state index is 13.7. The lowest BCUT2D eigenvalue weighted by Gasteiger charge is -2.30. The highest BCUT2D eigenvalue weighted by Crippen LogP contribution is 2.29. The van der Waals surface area contributed by atoms with Gasteiger partial charge in [0, 0.05) is 36.2 Å². The molecule has 0 aliphatic rings. The van der Waals surface area contributed by atoms with Gasteiger partial charge >= 0.3 is 12.2 Å². The van der Waals surface area contributed by atoms with Crippen LogP contribution in [0.1, 0.15) is 37.5 Å². The van der Waals surface area contributed by atoms with Crippen LogP contribution < -0.4 is 10.1 Å². The fraction of sp³-hybridized carbons (Fsp3) is 0.312. The Kier molecular flexibility index (Phi) is 9.77. The number of fused-ring (bicyclic) bond motifs is 1. The van der Waals surface area contributed by atoms with Crippen LogP contribution in [0.2, 0.25) is 0 Å². The predicted octanol–water partition coefficient (Wildman–Crippen LogP) is 7.10. The number of urea groups is 1. The molecule has 3 aromatic carbocycles.